The third kappa shape index (κ3) is 5.17. The summed E-state index contributed by atoms with van der Waals surface area (Å²) in [7, 11) is 0. The van der Waals surface area contributed by atoms with Crippen LogP contribution in [-0.2, 0) is 4.79 Å². The van der Waals surface area contributed by atoms with Crippen LogP contribution in [0.5, 0.6) is 0 Å². The summed E-state index contributed by atoms with van der Waals surface area (Å²) in [6.07, 6.45) is 0.458. The number of rotatable bonds is 5. The smallest absolute Gasteiger partial charge is 0.253 e. The number of carbonyl (C=O) groups excluding carboxylic acids is 2. The summed E-state index contributed by atoms with van der Waals surface area (Å²) >= 11 is 0. The van der Waals surface area contributed by atoms with Crippen LogP contribution in [0.4, 0.5) is 5.69 Å². The number of amides is 2. The van der Waals surface area contributed by atoms with Gasteiger partial charge in [-0.05, 0) is 49.2 Å². The number of piperazine rings is 1. The maximum atomic E-state index is 12.7. The van der Waals surface area contributed by atoms with Crippen molar-refractivity contribution in [3.05, 3.63) is 65.2 Å². The van der Waals surface area contributed by atoms with Gasteiger partial charge < -0.3 is 10.2 Å². The minimum atomic E-state index is 0.0230. The second-order valence-electron chi connectivity index (χ2n) is 7.10. The maximum absolute atomic E-state index is 12.7. The summed E-state index contributed by atoms with van der Waals surface area (Å²) in [5.74, 6) is 0.120. The van der Waals surface area contributed by atoms with Crippen molar-refractivity contribution < 1.29 is 9.59 Å². The molecule has 1 aliphatic heterocycles. The van der Waals surface area contributed by atoms with E-state index in [1.54, 1.807) is 0 Å². The van der Waals surface area contributed by atoms with Crippen LogP contribution in [0.25, 0.3) is 0 Å². The molecule has 0 bridgehead atoms. The van der Waals surface area contributed by atoms with Gasteiger partial charge in [0.2, 0.25) is 5.91 Å². The van der Waals surface area contributed by atoms with E-state index in [0.29, 0.717) is 26.1 Å². The highest BCUT2D eigenvalue weighted by molar-refractivity contribution is 5.94. The van der Waals surface area contributed by atoms with Gasteiger partial charge in [-0.15, -0.1) is 0 Å². The van der Waals surface area contributed by atoms with Crippen LogP contribution >= 0.6 is 0 Å². The van der Waals surface area contributed by atoms with E-state index in [2.05, 4.69) is 17.1 Å². The minimum Gasteiger partial charge on any atom is -0.336 e. The number of nitrogens with zero attached hydrogens (tertiary/aromatic N) is 2. The molecule has 142 valence electrons. The molecule has 0 aromatic heterocycles. The molecular weight excluding hydrogens is 338 g/mol. The SMILES string of the molecule is Cc1ccc(C(=O)N2CCN(CCC(=O)Nc3ccccc3)CC2)cc1C. The summed E-state index contributed by atoms with van der Waals surface area (Å²) in [4.78, 5) is 28.9. The molecule has 1 heterocycles. The van der Waals surface area contributed by atoms with E-state index in [-0.39, 0.29) is 11.8 Å². The van der Waals surface area contributed by atoms with Crippen LogP contribution in [0.3, 0.4) is 0 Å². The molecule has 0 unspecified atom stereocenters. The highest BCUT2D eigenvalue weighted by atomic mass is 16.2. The fourth-order valence-electron chi connectivity index (χ4n) is 3.24. The van der Waals surface area contributed by atoms with Crippen molar-refractivity contribution in [3.63, 3.8) is 0 Å². The molecule has 0 spiro atoms. The second kappa shape index (κ2) is 8.82. The Morgan fingerprint density at radius 3 is 2.30 bits per heavy atom. The van der Waals surface area contributed by atoms with E-state index in [1.165, 1.54) is 5.56 Å². The number of nitrogens with one attached hydrogen (secondary N) is 1. The average molecular weight is 365 g/mol. The number of anilines is 1. The summed E-state index contributed by atoms with van der Waals surface area (Å²) in [6.45, 7) is 7.80. The Morgan fingerprint density at radius 1 is 0.926 bits per heavy atom. The molecule has 1 aliphatic rings. The maximum Gasteiger partial charge on any atom is 0.253 e. The first-order valence-electron chi connectivity index (χ1n) is 9.47. The number of para-hydroxylation sites is 1. The standard InChI is InChI=1S/C22H27N3O2/c1-17-8-9-19(16-18(17)2)22(27)25-14-12-24(13-15-25)11-10-21(26)23-20-6-4-3-5-7-20/h3-9,16H,10-15H2,1-2H3,(H,23,26). The van der Waals surface area contributed by atoms with Crippen LogP contribution in [0.1, 0.15) is 27.9 Å². The third-order valence-electron chi connectivity index (χ3n) is 5.13. The highest BCUT2D eigenvalue weighted by Crippen LogP contribution is 2.14. The van der Waals surface area contributed by atoms with Crippen molar-refractivity contribution in [1.29, 1.82) is 0 Å². The summed E-state index contributed by atoms with van der Waals surface area (Å²) in [6, 6.07) is 15.4. The number of aryl methyl sites for hydroxylation is 2. The lowest BCUT2D eigenvalue weighted by atomic mass is 10.1. The lowest BCUT2D eigenvalue weighted by Gasteiger charge is -2.34. The van der Waals surface area contributed by atoms with Crippen molar-refractivity contribution in [2.24, 2.45) is 0 Å². The summed E-state index contributed by atoms with van der Waals surface area (Å²) in [5, 5.41) is 2.91. The van der Waals surface area contributed by atoms with Crippen LogP contribution in [0.15, 0.2) is 48.5 Å². The fourth-order valence-corrected chi connectivity index (χ4v) is 3.24. The van der Waals surface area contributed by atoms with Gasteiger partial charge in [0, 0.05) is 50.4 Å². The molecule has 2 aromatic rings. The van der Waals surface area contributed by atoms with E-state index >= 15 is 0 Å². The molecule has 1 N–H and O–H groups in total. The largest absolute Gasteiger partial charge is 0.336 e. The molecular formula is C22H27N3O2. The Bertz CT molecular complexity index is 796. The van der Waals surface area contributed by atoms with Gasteiger partial charge >= 0.3 is 0 Å². The van der Waals surface area contributed by atoms with Crippen molar-refractivity contribution in [2.75, 3.05) is 38.0 Å². The zero-order valence-corrected chi connectivity index (χ0v) is 16.1. The van der Waals surface area contributed by atoms with Gasteiger partial charge in [0.15, 0.2) is 0 Å². The quantitative estimate of drug-likeness (QED) is 0.886. The lowest BCUT2D eigenvalue weighted by Crippen LogP contribution is -2.49. The Balaban J connectivity index is 1.44. The fraction of sp³-hybridized carbons (Fsp3) is 0.364. The van der Waals surface area contributed by atoms with Gasteiger partial charge in [-0.2, -0.15) is 0 Å². The number of carbonyl (C=O) groups is 2. The van der Waals surface area contributed by atoms with E-state index in [4.69, 9.17) is 0 Å². The summed E-state index contributed by atoms with van der Waals surface area (Å²) < 4.78 is 0. The molecule has 27 heavy (non-hydrogen) atoms. The van der Waals surface area contributed by atoms with Gasteiger partial charge in [-0.25, -0.2) is 0 Å². The Kier molecular flexibility index (Phi) is 6.24. The number of benzene rings is 2. The summed E-state index contributed by atoms with van der Waals surface area (Å²) in [5.41, 5.74) is 3.93. The molecule has 5 heteroatoms. The molecule has 3 rings (SSSR count). The number of hydrogen-bond donors (Lipinski definition) is 1. The van der Waals surface area contributed by atoms with Crippen molar-refractivity contribution >= 4 is 17.5 Å². The van der Waals surface area contributed by atoms with Crippen molar-refractivity contribution in [3.8, 4) is 0 Å². The van der Waals surface area contributed by atoms with Crippen molar-refractivity contribution in [2.45, 2.75) is 20.3 Å². The zero-order valence-electron chi connectivity index (χ0n) is 16.1. The first-order chi connectivity index (χ1) is 13.0. The predicted octanol–water partition coefficient (Wildman–Crippen LogP) is 3.09. The van der Waals surface area contributed by atoms with E-state index in [1.807, 2.05) is 60.4 Å². The average Bonchev–Trinajstić information content (AvgIpc) is 2.69. The molecule has 5 nitrogen and oxygen atoms in total. The van der Waals surface area contributed by atoms with E-state index < -0.39 is 0 Å². The number of hydrogen-bond acceptors (Lipinski definition) is 3. The Hall–Kier alpha value is -2.66. The van der Waals surface area contributed by atoms with Crippen LogP contribution in [0.2, 0.25) is 0 Å². The van der Waals surface area contributed by atoms with E-state index in [0.717, 1.165) is 29.9 Å². The van der Waals surface area contributed by atoms with Gasteiger partial charge in [-0.3, -0.25) is 14.5 Å². The Morgan fingerprint density at radius 2 is 1.63 bits per heavy atom. The van der Waals surface area contributed by atoms with Gasteiger partial charge in [-0.1, -0.05) is 24.3 Å². The molecule has 1 saturated heterocycles. The van der Waals surface area contributed by atoms with Gasteiger partial charge in [0.25, 0.3) is 5.91 Å². The first-order valence-corrected chi connectivity index (χ1v) is 9.47. The molecule has 0 aliphatic carbocycles. The molecule has 0 atom stereocenters. The molecule has 1 fully saturated rings. The lowest BCUT2D eigenvalue weighted by molar-refractivity contribution is -0.116. The first kappa shape index (κ1) is 19.1. The molecule has 0 saturated carbocycles. The highest BCUT2D eigenvalue weighted by Gasteiger charge is 2.22. The van der Waals surface area contributed by atoms with Gasteiger partial charge in [0.1, 0.15) is 0 Å². The van der Waals surface area contributed by atoms with Crippen LogP contribution < -0.4 is 5.32 Å². The zero-order chi connectivity index (χ0) is 19.2. The Labute approximate surface area is 161 Å². The second-order valence-corrected chi connectivity index (χ2v) is 7.10. The topological polar surface area (TPSA) is 52.7 Å². The predicted molar refractivity (Wildman–Crippen MR) is 108 cm³/mol. The minimum absolute atomic E-state index is 0.0230. The van der Waals surface area contributed by atoms with E-state index in [9.17, 15) is 9.59 Å². The van der Waals surface area contributed by atoms with Gasteiger partial charge in [0.05, 0.1) is 0 Å². The van der Waals surface area contributed by atoms with Crippen LogP contribution in [-0.4, -0.2) is 54.3 Å². The van der Waals surface area contributed by atoms with Crippen LogP contribution in [0, 0.1) is 13.8 Å². The van der Waals surface area contributed by atoms with Crippen molar-refractivity contribution in [1.82, 2.24) is 9.80 Å². The monoisotopic (exact) mass is 365 g/mol. The molecule has 2 amide bonds. The molecule has 2 aromatic carbocycles. The normalized spacial score (nSPS) is 14.8. The third-order valence-corrected chi connectivity index (χ3v) is 5.13. The molecule has 0 radical (unpaired) electrons.